The molecule has 21 heavy (non-hydrogen) atoms. The Morgan fingerprint density at radius 1 is 1.38 bits per heavy atom. The molecule has 1 fully saturated rings. The van der Waals surface area contributed by atoms with Gasteiger partial charge >= 0.3 is 0 Å². The van der Waals surface area contributed by atoms with Gasteiger partial charge in [0.2, 0.25) is 0 Å². The second kappa shape index (κ2) is 7.38. The highest BCUT2D eigenvalue weighted by Gasteiger charge is 2.31. The summed E-state index contributed by atoms with van der Waals surface area (Å²) < 4.78 is 26.4. The van der Waals surface area contributed by atoms with Crippen LogP contribution in [-0.4, -0.2) is 29.4 Å². The highest BCUT2D eigenvalue weighted by Crippen LogP contribution is 2.26. The van der Waals surface area contributed by atoms with Crippen LogP contribution in [0.2, 0.25) is 5.02 Å². The molecule has 0 aromatic heterocycles. The van der Waals surface area contributed by atoms with E-state index in [-0.39, 0.29) is 35.1 Å². The summed E-state index contributed by atoms with van der Waals surface area (Å²) in [5.41, 5.74) is 5.89. The van der Waals surface area contributed by atoms with E-state index in [1.54, 1.807) is 4.90 Å². The Kier molecular flexibility index (Phi) is 6.38. The summed E-state index contributed by atoms with van der Waals surface area (Å²) >= 11 is 5.86. The van der Waals surface area contributed by atoms with E-state index in [9.17, 15) is 13.6 Å². The molecular weight excluding hydrogens is 321 g/mol. The fourth-order valence-electron chi connectivity index (χ4n) is 2.60. The predicted octanol–water partition coefficient (Wildman–Crippen LogP) is 3.38. The van der Waals surface area contributed by atoms with Crippen LogP contribution in [0.1, 0.15) is 36.5 Å². The van der Waals surface area contributed by atoms with Gasteiger partial charge < -0.3 is 10.6 Å². The van der Waals surface area contributed by atoms with Crippen LogP contribution >= 0.6 is 24.0 Å². The number of amides is 1. The lowest BCUT2D eigenvalue weighted by Crippen LogP contribution is -2.51. The Morgan fingerprint density at radius 2 is 2.00 bits per heavy atom. The molecule has 0 saturated carbocycles. The van der Waals surface area contributed by atoms with Crippen molar-refractivity contribution < 1.29 is 13.6 Å². The quantitative estimate of drug-likeness (QED) is 0.840. The molecule has 0 spiro atoms. The van der Waals surface area contributed by atoms with Crippen LogP contribution in [0.3, 0.4) is 0 Å². The lowest BCUT2D eigenvalue weighted by Gasteiger charge is -2.38. The first-order chi connectivity index (χ1) is 9.41. The van der Waals surface area contributed by atoms with E-state index in [0.717, 1.165) is 31.4 Å². The Balaban J connectivity index is 0.00000220. The number of piperidine rings is 1. The van der Waals surface area contributed by atoms with E-state index in [0.29, 0.717) is 6.54 Å². The first-order valence-electron chi connectivity index (χ1n) is 6.63. The molecule has 118 valence electrons. The summed E-state index contributed by atoms with van der Waals surface area (Å²) in [6.45, 7) is 2.39. The molecule has 1 aromatic carbocycles. The lowest BCUT2D eigenvalue weighted by molar-refractivity contribution is 0.0583. The van der Waals surface area contributed by atoms with Crippen molar-refractivity contribution in [3.63, 3.8) is 0 Å². The minimum absolute atomic E-state index is 0. The average molecular weight is 339 g/mol. The molecule has 7 heteroatoms. The van der Waals surface area contributed by atoms with Gasteiger partial charge in [-0.05, 0) is 38.3 Å². The second-order valence-corrected chi connectivity index (χ2v) is 5.57. The van der Waals surface area contributed by atoms with Crippen molar-refractivity contribution in [2.45, 2.75) is 38.3 Å². The first kappa shape index (κ1) is 18.1. The third-order valence-corrected chi connectivity index (χ3v) is 3.97. The molecule has 1 aliphatic heterocycles. The zero-order valence-electron chi connectivity index (χ0n) is 11.6. The molecule has 2 atom stereocenters. The summed E-state index contributed by atoms with van der Waals surface area (Å²) in [7, 11) is 0. The van der Waals surface area contributed by atoms with Crippen molar-refractivity contribution in [2.24, 2.45) is 5.73 Å². The summed E-state index contributed by atoms with van der Waals surface area (Å²) in [4.78, 5) is 14.1. The monoisotopic (exact) mass is 338 g/mol. The number of halogens is 4. The summed E-state index contributed by atoms with van der Waals surface area (Å²) in [6.07, 6.45) is 2.68. The molecule has 1 aliphatic rings. The van der Waals surface area contributed by atoms with Crippen LogP contribution < -0.4 is 5.73 Å². The van der Waals surface area contributed by atoms with Gasteiger partial charge in [0.25, 0.3) is 5.91 Å². The van der Waals surface area contributed by atoms with Crippen molar-refractivity contribution in [3.05, 3.63) is 34.4 Å². The van der Waals surface area contributed by atoms with E-state index >= 15 is 0 Å². The van der Waals surface area contributed by atoms with Crippen LogP contribution in [0.15, 0.2) is 12.1 Å². The summed E-state index contributed by atoms with van der Waals surface area (Å²) in [5, 5.41) is -0.0807. The number of hydrogen-bond donors (Lipinski definition) is 1. The SMILES string of the molecule is CC(N)C1CCCCN1C(=O)c1cc(F)c(F)cc1Cl.Cl. The van der Waals surface area contributed by atoms with E-state index in [1.807, 2.05) is 6.92 Å². The van der Waals surface area contributed by atoms with Crippen LogP contribution in [0.25, 0.3) is 0 Å². The molecule has 3 nitrogen and oxygen atoms in total. The summed E-state index contributed by atoms with van der Waals surface area (Å²) in [6, 6.07) is 1.41. The number of likely N-dealkylation sites (tertiary alicyclic amines) is 1. The minimum Gasteiger partial charge on any atom is -0.334 e. The van der Waals surface area contributed by atoms with Crippen LogP contribution in [0, 0.1) is 11.6 Å². The minimum atomic E-state index is -1.08. The lowest BCUT2D eigenvalue weighted by atomic mass is 9.96. The molecule has 1 aromatic rings. The third kappa shape index (κ3) is 3.84. The van der Waals surface area contributed by atoms with E-state index in [4.69, 9.17) is 17.3 Å². The van der Waals surface area contributed by atoms with Crippen LogP contribution in [-0.2, 0) is 0 Å². The molecule has 0 aliphatic carbocycles. The topological polar surface area (TPSA) is 46.3 Å². The second-order valence-electron chi connectivity index (χ2n) is 5.17. The van der Waals surface area contributed by atoms with Crippen LogP contribution in [0.5, 0.6) is 0 Å². The Hall–Kier alpha value is -0.910. The normalized spacial score (nSPS) is 19.9. The zero-order chi connectivity index (χ0) is 14.9. The molecule has 0 bridgehead atoms. The van der Waals surface area contributed by atoms with Gasteiger partial charge in [0, 0.05) is 18.6 Å². The van der Waals surface area contributed by atoms with Crippen molar-refractivity contribution >= 4 is 29.9 Å². The maximum atomic E-state index is 13.3. The van der Waals surface area contributed by atoms with Gasteiger partial charge in [-0.1, -0.05) is 11.6 Å². The predicted molar refractivity (Wildman–Crippen MR) is 80.9 cm³/mol. The number of carbonyl (C=O) groups is 1. The molecule has 2 N–H and O–H groups in total. The van der Waals surface area contributed by atoms with E-state index < -0.39 is 17.5 Å². The van der Waals surface area contributed by atoms with E-state index in [1.165, 1.54) is 0 Å². The number of rotatable bonds is 2. The number of hydrogen-bond acceptors (Lipinski definition) is 2. The van der Waals surface area contributed by atoms with Crippen molar-refractivity contribution in [1.29, 1.82) is 0 Å². The van der Waals surface area contributed by atoms with Crippen molar-refractivity contribution in [3.8, 4) is 0 Å². The molecule has 1 heterocycles. The van der Waals surface area contributed by atoms with Gasteiger partial charge in [-0.2, -0.15) is 0 Å². The van der Waals surface area contributed by atoms with Gasteiger partial charge in [-0.25, -0.2) is 8.78 Å². The maximum Gasteiger partial charge on any atom is 0.255 e. The number of nitrogens with zero attached hydrogens (tertiary/aromatic N) is 1. The highest BCUT2D eigenvalue weighted by molar-refractivity contribution is 6.33. The summed E-state index contributed by atoms with van der Waals surface area (Å²) in [5.74, 6) is -2.53. The average Bonchev–Trinajstić information content (AvgIpc) is 2.42. The zero-order valence-corrected chi connectivity index (χ0v) is 13.2. The first-order valence-corrected chi connectivity index (χ1v) is 7.00. The van der Waals surface area contributed by atoms with Crippen molar-refractivity contribution in [2.75, 3.05) is 6.54 Å². The van der Waals surface area contributed by atoms with E-state index in [2.05, 4.69) is 0 Å². The van der Waals surface area contributed by atoms with Gasteiger partial charge in [0.15, 0.2) is 11.6 Å². The smallest absolute Gasteiger partial charge is 0.255 e. The molecular formula is C14H18Cl2F2N2O. The molecule has 0 radical (unpaired) electrons. The number of carbonyl (C=O) groups excluding carboxylic acids is 1. The molecule has 2 unspecified atom stereocenters. The Labute approximate surface area is 133 Å². The fraction of sp³-hybridized carbons (Fsp3) is 0.500. The molecule has 1 saturated heterocycles. The number of benzene rings is 1. The van der Waals surface area contributed by atoms with Crippen LogP contribution in [0.4, 0.5) is 8.78 Å². The maximum absolute atomic E-state index is 13.3. The van der Waals surface area contributed by atoms with Gasteiger partial charge in [0.05, 0.1) is 10.6 Å². The number of nitrogens with two attached hydrogens (primary N) is 1. The molecule has 1 amide bonds. The third-order valence-electron chi connectivity index (χ3n) is 3.66. The standard InChI is InChI=1S/C14H17ClF2N2O.ClH/c1-8(18)13-4-2-3-5-19(13)14(20)9-6-11(16)12(17)7-10(9)15;/h6-8,13H,2-5,18H2,1H3;1H. The van der Waals surface area contributed by atoms with Gasteiger partial charge in [-0.3, -0.25) is 4.79 Å². The largest absolute Gasteiger partial charge is 0.334 e. The Morgan fingerprint density at radius 3 is 2.62 bits per heavy atom. The van der Waals surface area contributed by atoms with Crippen molar-refractivity contribution in [1.82, 2.24) is 4.90 Å². The fourth-order valence-corrected chi connectivity index (χ4v) is 2.83. The Bertz CT molecular complexity index is 526. The highest BCUT2D eigenvalue weighted by atomic mass is 35.5. The molecule has 2 rings (SSSR count). The van der Waals surface area contributed by atoms with Gasteiger partial charge in [-0.15, -0.1) is 12.4 Å². The van der Waals surface area contributed by atoms with Gasteiger partial charge in [0.1, 0.15) is 0 Å².